The van der Waals surface area contributed by atoms with E-state index in [1.54, 1.807) is 0 Å². The molecule has 31 heavy (non-hydrogen) atoms. The van der Waals surface area contributed by atoms with Gasteiger partial charge in [-0.3, -0.25) is 4.79 Å². The number of imidazole rings is 1. The number of hydrogen-bond acceptors (Lipinski definition) is 4. The number of unbranched alkanes of at least 4 members (excludes halogenated alkanes) is 1. The van der Waals surface area contributed by atoms with Crippen molar-refractivity contribution < 1.29 is 9.53 Å². The van der Waals surface area contributed by atoms with Gasteiger partial charge in [-0.05, 0) is 60.6 Å². The van der Waals surface area contributed by atoms with Crippen molar-refractivity contribution >= 4 is 16.9 Å². The number of benzene rings is 2. The van der Waals surface area contributed by atoms with Gasteiger partial charge >= 0.3 is 0 Å². The van der Waals surface area contributed by atoms with Crippen LogP contribution in [0.25, 0.3) is 11.0 Å². The van der Waals surface area contributed by atoms with Gasteiger partial charge in [-0.1, -0.05) is 32.0 Å². The molecule has 0 saturated carbocycles. The summed E-state index contributed by atoms with van der Waals surface area (Å²) in [7, 11) is 0. The van der Waals surface area contributed by atoms with E-state index in [1.807, 2.05) is 17.0 Å². The average Bonchev–Trinajstić information content (AvgIpc) is 3.22. The number of piperazine rings is 1. The van der Waals surface area contributed by atoms with Crippen molar-refractivity contribution in [2.45, 2.75) is 39.0 Å². The first kappa shape index (κ1) is 21.4. The van der Waals surface area contributed by atoms with Gasteiger partial charge in [0.2, 0.25) is 0 Å². The van der Waals surface area contributed by atoms with Crippen LogP contribution >= 0.6 is 0 Å². The van der Waals surface area contributed by atoms with Crippen LogP contribution in [0.3, 0.4) is 0 Å². The first-order chi connectivity index (χ1) is 15.1. The molecule has 2 aromatic carbocycles. The maximum absolute atomic E-state index is 12.7. The zero-order valence-corrected chi connectivity index (χ0v) is 18.5. The van der Waals surface area contributed by atoms with Gasteiger partial charge in [0, 0.05) is 26.2 Å². The first-order valence-corrected chi connectivity index (χ1v) is 11.3. The molecule has 2 heterocycles. The number of ether oxygens (including phenoxy) is 1. The second-order valence-corrected chi connectivity index (χ2v) is 8.51. The summed E-state index contributed by atoms with van der Waals surface area (Å²) < 4.78 is 5.93. The molecule has 1 aromatic heterocycles. The van der Waals surface area contributed by atoms with Crippen molar-refractivity contribution in [2.75, 3.05) is 32.8 Å². The Morgan fingerprint density at radius 1 is 1.13 bits per heavy atom. The maximum Gasteiger partial charge on any atom is 0.289 e. The number of nitrogens with one attached hydrogen (secondary N) is 2. The quantitative estimate of drug-likeness (QED) is 0.538. The summed E-state index contributed by atoms with van der Waals surface area (Å²) in [5.74, 6) is 1.88. The molecular formula is C25H32N4O2. The average molecular weight is 421 g/mol. The van der Waals surface area contributed by atoms with Crippen molar-refractivity contribution in [3.8, 4) is 5.75 Å². The highest BCUT2D eigenvalue weighted by Crippen LogP contribution is 2.21. The number of aryl methyl sites for hydroxylation is 1. The van der Waals surface area contributed by atoms with Gasteiger partial charge in [0.1, 0.15) is 5.75 Å². The van der Waals surface area contributed by atoms with E-state index < -0.39 is 0 Å². The number of hydrogen-bond donors (Lipinski definition) is 2. The summed E-state index contributed by atoms with van der Waals surface area (Å²) in [4.78, 5) is 22.2. The molecule has 0 radical (unpaired) electrons. The van der Waals surface area contributed by atoms with Crippen LogP contribution in [-0.2, 0) is 6.42 Å². The molecule has 6 nitrogen and oxygen atoms in total. The molecule has 1 saturated heterocycles. The summed E-state index contributed by atoms with van der Waals surface area (Å²) in [6, 6.07) is 14.6. The lowest BCUT2D eigenvalue weighted by Gasteiger charge is -2.26. The zero-order valence-electron chi connectivity index (χ0n) is 18.5. The second-order valence-electron chi connectivity index (χ2n) is 8.51. The molecular weight excluding hydrogens is 388 g/mol. The minimum Gasteiger partial charge on any atom is -0.494 e. The Bertz CT molecular complexity index is 1020. The molecule has 4 rings (SSSR count). The Morgan fingerprint density at radius 2 is 1.97 bits per heavy atom. The molecule has 0 aliphatic carbocycles. The number of carbonyl (C=O) groups is 1. The SMILES string of the molecule is CC(C)c1cccc(OCCCCc2ccc3nc(C(=O)N4CCNCC4)[nH]c3c2)c1. The van der Waals surface area contributed by atoms with Crippen LogP contribution in [0.1, 0.15) is 54.4 Å². The van der Waals surface area contributed by atoms with E-state index >= 15 is 0 Å². The highest BCUT2D eigenvalue weighted by Gasteiger charge is 2.20. The van der Waals surface area contributed by atoms with Crippen molar-refractivity contribution in [3.05, 3.63) is 59.4 Å². The largest absolute Gasteiger partial charge is 0.494 e. The summed E-state index contributed by atoms with van der Waals surface area (Å²) >= 11 is 0. The summed E-state index contributed by atoms with van der Waals surface area (Å²) in [5.41, 5.74) is 4.33. The van der Waals surface area contributed by atoms with Gasteiger partial charge in [0.25, 0.3) is 5.91 Å². The number of aromatic amines is 1. The van der Waals surface area contributed by atoms with Crippen molar-refractivity contribution in [1.82, 2.24) is 20.2 Å². The van der Waals surface area contributed by atoms with Crippen molar-refractivity contribution in [3.63, 3.8) is 0 Å². The second kappa shape index (κ2) is 9.96. The molecule has 0 unspecified atom stereocenters. The van der Waals surface area contributed by atoms with E-state index in [0.29, 0.717) is 11.7 Å². The van der Waals surface area contributed by atoms with Crippen LogP contribution in [0.5, 0.6) is 5.75 Å². The lowest BCUT2D eigenvalue weighted by molar-refractivity contribution is 0.0725. The molecule has 1 aliphatic heterocycles. The van der Waals surface area contributed by atoms with E-state index in [1.165, 1.54) is 11.1 Å². The number of nitrogens with zero attached hydrogens (tertiary/aromatic N) is 2. The molecule has 0 spiro atoms. The molecule has 0 bridgehead atoms. The fraction of sp³-hybridized carbons (Fsp3) is 0.440. The van der Waals surface area contributed by atoms with Crippen LogP contribution < -0.4 is 10.1 Å². The Labute approximate surface area is 184 Å². The molecule has 1 amide bonds. The number of carbonyl (C=O) groups excluding carboxylic acids is 1. The maximum atomic E-state index is 12.7. The van der Waals surface area contributed by atoms with E-state index in [4.69, 9.17) is 4.74 Å². The molecule has 3 aromatic rings. The van der Waals surface area contributed by atoms with E-state index in [9.17, 15) is 4.79 Å². The van der Waals surface area contributed by atoms with E-state index in [2.05, 4.69) is 59.5 Å². The number of fused-ring (bicyclic) bond motifs is 1. The summed E-state index contributed by atoms with van der Waals surface area (Å²) in [6.07, 6.45) is 3.03. The molecule has 1 fully saturated rings. The van der Waals surface area contributed by atoms with Crippen molar-refractivity contribution in [1.29, 1.82) is 0 Å². The normalized spacial score (nSPS) is 14.4. The van der Waals surface area contributed by atoms with Gasteiger partial charge in [0.15, 0.2) is 5.82 Å². The van der Waals surface area contributed by atoms with Crippen LogP contribution in [0.4, 0.5) is 0 Å². The first-order valence-electron chi connectivity index (χ1n) is 11.3. The van der Waals surface area contributed by atoms with Crippen molar-refractivity contribution in [2.24, 2.45) is 0 Å². The summed E-state index contributed by atoms with van der Waals surface area (Å²) in [6.45, 7) is 8.23. The third kappa shape index (κ3) is 5.44. The Morgan fingerprint density at radius 3 is 2.77 bits per heavy atom. The van der Waals surface area contributed by atoms with Crippen LogP contribution in [0.15, 0.2) is 42.5 Å². The topological polar surface area (TPSA) is 70.2 Å². The zero-order chi connectivity index (χ0) is 21.6. The molecule has 0 atom stereocenters. The highest BCUT2D eigenvalue weighted by molar-refractivity contribution is 5.94. The standard InChI is InChI=1S/C25H32N4O2/c1-18(2)20-7-5-8-21(17-20)31-15-4-3-6-19-9-10-22-23(16-19)28-24(27-22)25(30)29-13-11-26-12-14-29/h5,7-10,16-18,26H,3-4,6,11-15H2,1-2H3,(H,27,28). The van der Waals surface area contributed by atoms with Gasteiger partial charge in [-0.25, -0.2) is 4.98 Å². The van der Waals surface area contributed by atoms with E-state index in [-0.39, 0.29) is 5.91 Å². The molecule has 2 N–H and O–H groups in total. The number of H-pyrrole nitrogens is 1. The molecule has 164 valence electrons. The van der Waals surface area contributed by atoms with Crippen LogP contribution in [0, 0.1) is 0 Å². The minimum atomic E-state index is -0.0158. The van der Waals surface area contributed by atoms with Gasteiger partial charge in [-0.15, -0.1) is 0 Å². The molecule has 1 aliphatic rings. The van der Waals surface area contributed by atoms with Gasteiger partial charge in [-0.2, -0.15) is 0 Å². The fourth-order valence-electron chi connectivity index (χ4n) is 3.92. The minimum absolute atomic E-state index is 0.0158. The van der Waals surface area contributed by atoms with E-state index in [0.717, 1.165) is 68.8 Å². The van der Waals surface area contributed by atoms with Crippen LogP contribution in [-0.4, -0.2) is 53.6 Å². The van der Waals surface area contributed by atoms with Crippen LogP contribution in [0.2, 0.25) is 0 Å². The Balaban J connectivity index is 1.28. The van der Waals surface area contributed by atoms with Gasteiger partial charge in [0.05, 0.1) is 17.6 Å². The lowest BCUT2D eigenvalue weighted by Crippen LogP contribution is -2.46. The lowest BCUT2D eigenvalue weighted by atomic mass is 10.0. The predicted octanol–water partition coefficient (Wildman–Crippen LogP) is 4.13. The number of rotatable bonds is 8. The molecule has 6 heteroatoms. The number of amides is 1. The van der Waals surface area contributed by atoms with Gasteiger partial charge < -0.3 is 19.9 Å². The summed E-state index contributed by atoms with van der Waals surface area (Å²) in [5, 5.41) is 3.27. The third-order valence-corrected chi connectivity index (χ3v) is 5.81. The monoisotopic (exact) mass is 420 g/mol. The third-order valence-electron chi connectivity index (χ3n) is 5.81. The Kier molecular flexibility index (Phi) is 6.87. The highest BCUT2D eigenvalue weighted by atomic mass is 16.5. The predicted molar refractivity (Wildman–Crippen MR) is 124 cm³/mol. The number of aromatic nitrogens is 2. The smallest absolute Gasteiger partial charge is 0.289 e. The fourth-order valence-corrected chi connectivity index (χ4v) is 3.92. The Hall–Kier alpha value is -2.86.